The lowest BCUT2D eigenvalue weighted by Crippen LogP contribution is -2.27. The zero-order chi connectivity index (χ0) is 21.5. The molecule has 7 heteroatoms. The molecule has 1 unspecified atom stereocenters. The summed E-state index contributed by atoms with van der Waals surface area (Å²) < 4.78 is 32.9. The van der Waals surface area contributed by atoms with Crippen LogP contribution in [-0.2, 0) is 27.6 Å². The molecular weight excluding hydrogens is 402 g/mol. The van der Waals surface area contributed by atoms with Gasteiger partial charge in [0.2, 0.25) is 15.8 Å². The third-order valence-corrected chi connectivity index (χ3v) is 7.19. The van der Waals surface area contributed by atoms with Gasteiger partial charge in [0.05, 0.1) is 10.5 Å². The van der Waals surface area contributed by atoms with Crippen LogP contribution in [0.3, 0.4) is 0 Å². The summed E-state index contributed by atoms with van der Waals surface area (Å²) in [5, 5.41) is 0. The fourth-order valence-corrected chi connectivity index (χ4v) is 5.05. The summed E-state index contributed by atoms with van der Waals surface area (Å²) in [5.41, 5.74) is 3.70. The molecule has 4 rings (SSSR count). The molecule has 0 amide bonds. The van der Waals surface area contributed by atoms with Crippen molar-refractivity contribution in [3.05, 3.63) is 64.2 Å². The van der Waals surface area contributed by atoms with Gasteiger partial charge in [-0.15, -0.1) is 0 Å². The number of hydrogen-bond donors (Lipinski definition) is 1. The van der Waals surface area contributed by atoms with Gasteiger partial charge in [-0.25, -0.2) is 17.9 Å². The first kappa shape index (κ1) is 20.8. The fourth-order valence-electron chi connectivity index (χ4n) is 3.71. The van der Waals surface area contributed by atoms with E-state index in [2.05, 4.69) is 4.72 Å². The Morgan fingerprint density at radius 3 is 2.53 bits per heavy atom. The Balaban J connectivity index is 1.50. The third kappa shape index (κ3) is 4.32. The number of nitrogens with one attached hydrogen (secondary N) is 1. The second-order valence-corrected chi connectivity index (χ2v) is 9.84. The molecule has 158 valence electrons. The molecule has 0 spiro atoms. The van der Waals surface area contributed by atoms with Crippen molar-refractivity contribution in [2.45, 2.75) is 63.0 Å². The summed E-state index contributed by atoms with van der Waals surface area (Å²) in [7, 11) is -3.69. The van der Waals surface area contributed by atoms with Crippen molar-refractivity contribution in [3.63, 3.8) is 0 Å². The standard InChI is InChI=1S/C23H25NO5S/c1-14-6-11-20(30(27,28)24-19-9-10-19)13-21(14)23(26)29-15(2)22(25)18-8-7-16-4-3-5-17(16)12-18/h6-8,11-13,15,19,24H,3-5,9-10H2,1-2H3. The molecule has 1 saturated carbocycles. The number of fused-ring (bicyclic) bond motifs is 1. The monoisotopic (exact) mass is 427 g/mol. The molecule has 30 heavy (non-hydrogen) atoms. The number of benzene rings is 2. The molecule has 2 aromatic carbocycles. The second kappa shape index (κ2) is 7.96. The molecule has 0 radical (unpaired) electrons. The van der Waals surface area contributed by atoms with Gasteiger partial charge in [-0.05, 0) is 80.8 Å². The highest BCUT2D eigenvalue weighted by molar-refractivity contribution is 7.89. The lowest BCUT2D eigenvalue weighted by Gasteiger charge is -2.15. The van der Waals surface area contributed by atoms with Crippen LogP contribution in [0.2, 0.25) is 0 Å². The molecule has 1 fully saturated rings. The van der Waals surface area contributed by atoms with Crippen molar-refractivity contribution < 1.29 is 22.7 Å². The van der Waals surface area contributed by atoms with Crippen LogP contribution in [0.25, 0.3) is 0 Å². The summed E-state index contributed by atoms with van der Waals surface area (Å²) >= 11 is 0. The largest absolute Gasteiger partial charge is 0.451 e. The van der Waals surface area contributed by atoms with Gasteiger partial charge >= 0.3 is 5.97 Å². The van der Waals surface area contributed by atoms with Gasteiger partial charge in [0.15, 0.2) is 6.10 Å². The quantitative estimate of drug-likeness (QED) is 0.541. The minimum Gasteiger partial charge on any atom is -0.451 e. The zero-order valence-electron chi connectivity index (χ0n) is 17.1. The van der Waals surface area contributed by atoms with E-state index in [-0.39, 0.29) is 22.3 Å². The lowest BCUT2D eigenvalue weighted by molar-refractivity contribution is 0.0318. The van der Waals surface area contributed by atoms with Crippen LogP contribution in [0.15, 0.2) is 41.3 Å². The van der Waals surface area contributed by atoms with Crippen LogP contribution in [0.1, 0.15) is 63.6 Å². The Kier molecular flexibility index (Phi) is 5.51. The number of ether oxygens (including phenoxy) is 1. The number of esters is 1. The number of sulfonamides is 1. The molecule has 0 aliphatic heterocycles. The number of Topliss-reactive ketones (excluding diaryl/α,β-unsaturated/α-hetero) is 1. The molecule has 1 N–H and O–H groups in total. The van der Waals surface area contributed by atoms with Crippen molar-refractivity contribution in [2.24, 2.45) is 0 Å². The van der Waals surface area contributed by atoms with Crippen LogP contribution in [0.5, 0.6) is 0 Å². The lowest BCUT2D eigenvalue weighted by atomic mass is 10.0. The van der Waals surface area contributed by atoms with E-state index in [0.29, 0.717) is 11.1 Å². The van der Waals surface area contributed by atoms with Crippen LogP contribution >= 0.6 is 0 Å². The molecule has 1 atom stereocenters. The van der Waals surface area contributed by atoms with Crippen LogP contribution in [-0.4, -0.2) is 32.3 Å². The number of aryl methyl sites for hydroxylation is 3. The number of carbonyl (C=O) groups excluding carboxylic acids is 2. The first-order valence-electron chi connectivity index (χ1n) is 10.2. The van der Waals surface area contributed by atoms with Crippen molar-refractivity contribution in [1.29, 1.82) is 0 Å². The van der Waals surface area contributed by atoms with E-state index in [1.807, 2.05) is 12.1 Å². The van der Waals surface area contributed by atoms with Crippen molar-refractivity contribution in [2.75, 3.05) is 0 Å². The Labute approximate surface area is 176 Å². The van der Waals surface area contributed by atoms with Crippen molar-refractivity contribution in [3.8, 4) is 0 Å². The molecule has 0 bridgehead atoms. The smallest absolute Gasteiger partial charge is 0.339 e. The van der Waals surface area contributed by atoms with Crippen LogP contribution in [0.4, 0.5) is 0 Å². The van der Waals surface area contributed by atoms with E-state index in [4.69, 9.17) is 4.74 Å². The average molecular weight is 428 g/mol. The Morgan fingerprint density at radius 1 is 1.07 bits per heavy atom. The highest BCUT2D eigenvalue weighted by Crippen LogP contribution is 2.25. The van der Waals surface area contributed by atoms with Gasteiger partial charge < -0.3 is 4.74 Å². The fraction of sp³-hybridized carbons (Fsp3) is 0.391. The predicted octanol–water partition coefficient (Wildman–Crippen LogP) is 3.35. The van der Waals surface area contributed by atoms with Gasteiger partial charge in [0.1, 0.15) is 0 Å². The van der Waals surface area contributed by atoms with Gasteiger partial charge in [0.25, 0.3) is 0 Å². The Morgan fingerprint density at radius 2 is 1.80 bits per heavy atom. The minimum absolute atomic E-state index is 0.0181. The van der Waals surface area contributed by atoms with Gasteiger partial charge in [-0.1, -0.05) is 18.2 Å². The highest BCUT2D eigenvalue weighted by Gasteiger charge is 2.29. The van der Waals surface area contributed by atoms with Gasteiger partial charge in [-0.3, -0.25) is 4.79 Å². The van der Waals surface area contributed by atoms with E-state index < -0.39 is 22.1 Å². The van der Waals surface area contributed by atoms with Crippen LogP contribution < -0.4 is 4.72 Å². The molecule has 6 nitrogen and oxygen atoms in total. The third-order valence-electron chi connectivity index (χ3n) is 5.67. The van der Waals surface area contributed by atoms with Crippen LogP contribution in [0, 0.1) is 6.92 Å². The average Bonchev–Trinajstić information content (AvgIpc) is 3.38. The molecule has 0 aromatic heterocycles. The molecule has 2 aliphatic rings. The summed E-state index contributed by atoms with van der Waals surface area (Å²) in [6, 6.07) is 9.96. The molecular formula is C23H25NO5S. The van der Waals surface area contributed by atoms with Gasteiger partial charge in [0, 0.05) is 11.6 Å². The van der Waals surface area contributed by atoms with Gasteiger partial charge in [-0.2, -0.15) is 0 Å². The zero-order valence-corrected chi connectivity index (χ0v) is 17.9. The van der Waals surface area contributed by atoms with E-state index in [1.54, 1.807) is 19.1 Å². The summed E-state index contributed by atoms with van der Waals surface area (Å²) in [6.45, 7) is 3.24. The highest BCUT2D eigenvalue weighted by atomic mass is 32.2. The minimum atomic E-state index is -3.69. The SMILES string of the molecule is Cc1ccc(S(=O)(=O)NC2CC2)cc1C(=O)OC(C)C(=O)c1ccc2c(c1)CCC2. The molecule has 2 aromatic rings. The number of carbonyl (C=O) groups is 2. The molecule has 0 saturated heterocycles. The number of ketones is 1. The molecule has 0 heterocycles. The van der Waals surface area contributed by atoms with Crippen molar-refractivity contribution >= 4 is 21.8 Å². The predicted molar refractivity (Wildman–Crippen MR) is 112 cm³/mol. The molecule has 2 aliphatic carbocycles. The number of rotatable bonds is 7. The summed E-state index contributed by atoms with van der Waals surface area (Å²) in [5.74, 6) is -0.979. The maximum atomic E-state index is 12.8. The van der Waals surface area contributed by atoms with E-state index in [1.165, 1.54) is 30.2 Å². The Hall–Kier alpha value is -2.51. The summed E-state index contributed by atoms with van der Waals surface area (Å²) in [6.07, 6.45) is 3.75. The second-order valence-electron chi connectivity index (χ2n) is 8.12. The van der Waals surface area contributed by atoms with E-state index in [9.17, 15) is 18.0 Å². The number of hydrogen-bond acceptors (Lipinski definition) is 5. The Bertz CT molecular complexity index is 1120. The first-order chi connectivity index (χ1) is 14.2. The van der Waals surface area contributed by atoms with Crippen molar-refractivity contribution in [1.82, 2.24) is 4.72 Å². The topological polar surface area (TPSA) is 89.5 Å². The normalized spacial score (nSPS) is 16.7. The maximum absolute atomic E-state index is 12.8. The van der Waals surface area contributed by atoms with E-state index >= 15 is 0 Å². The summed E-state index contributed by atoms with van der Waals surface area (Å²) in [4.78, 5) is 25.5. The van der Waals surface area contributed by atoms with E-state index in [0.717, 1.165) is 32.1 Å². The first-order valence-corrected chi connectivity index (χ1v) is 11.7. The maximum Gasteiger partial charge on any atom is 0.339 e.